The van der Waals surface area contributed by atoms with Crippen molar-refractivity contribution in [2.75, 3.05) is 17.7 Å². The minimum atomic E-state index is -0.483. The van der Waals surface area contributed by atoms with Crippen molar-refractivity contribution in [1.82, 2.24) is 0 Å². The quantitative estimate of drug-likeness (QED) is 0.615. The molecule has 0 aliphatic rings. The molecular formula is C19H18ClN3O2. The molecule has 0 radical (unpaired) electrons. The van der Waals surface area contributed by atoms with Gasteiger partial charge in [0, 0.05) is 17.6 Å². The van der Waals surface area contributed by atoms with Crippen molar-refractivity contribution in [2.45, 2.75) is 13.8 Å². The van der Waals surface area contributed by atoms with Crippen molar-refractivity contribution in [3.05, 3.63) is 64.3 Å². The van der Waals surface area contributed by atoms with Crippen LogP contribution in [0.25, 0.3) is 0 Å². The third kappa shape index (κ3) is 4.52. The fraction of sp³-hybridized carbons (Fsp3) is 0.158. The van der Waals surface area contributed by atoms with E-state index in [1.165, 1.54) is 13.3 Å². The summed E-state index contributed by atoms with van der Waals surface area (Å²) in [5.74, 6) is 0.0627. The number of carbonyl (C=O) groups is 1. The van der Waals surface area contributed by atoms with Crippen molar-refractivity contribution >= 4 is 28.9 Å². The maximum atomic E-state index is 12.3. The number of hydrogen-bond acceptors (Lipinski definition) is 4. The lowest BCUT2D eigenvalue weighted by Gasteiger charge is -2.10. The Morgan fingerprint density at radius 2 is 2.04 bits per heavy atom. The second kappa shape index (κ2) is 8.22. The minimum absolute atomic E-state index is 0.0483. The number of benzene rings is 2. The van der Waals surface area contributed by atoms with Gasteiger partial charge in [0.25, 0.3) is 5.91 Å². The average Bonchev–Trinajstić information content (AvgIpc) is 2.59. The fourth-order valence-corrected chi connectivity index (χ4v) is 2.39. The molecule has 1 amide bonds. The molecule has 0 saturated carbocycles. The lowest BCUT2D eigenvalue weighted by molar-refractivity contribution is -0.112. The molecule has 0 bridgehead atoms. The van der Waals surface area contributed by atoms with E-state index in [9.17, 15) is 10.1 Å². The zero-order valence-corrected chi connectivity index (χ0v) is 14.9. The average molecular weight is 356 g/mol. The summed E-state index contributed by atoms with van der Waals surface area (Å²) in [6, 6.07) is 12.6. The largest absolute Gasteiger partial charge is 0.495 e. The van der Waals surface area contributed by atoms with Crippen LogP contribution in [0.15, 0.2) is 48.2 Å². The Kier molecular flexibility index (Phi) is 6.04. The predicted molar refractivity (Wildman–Crippen MR) is 99.9 cm³/mol. The van der Waals surface area contributed by atoms with E-state index in [4.69, 9.17) is 16.3 Å². The molecule has 0 fully saturated rings. The van der Waals surface area contributed by atoms with Gasteiger partial charge in [-0.15, -0.1) is 0 Å². The van der Waals surface area contributed by atoms with E-state index in [1.54, 1.807) is 24.3 Å². The molecule has 128 valence electrons. The van der Waals surface area contributed by atoms with E-state index >= 15 is 0 Å². The minimum Gasteiger partial charge on any atom is -0.495 e. The van der Waals surface area contributed by atoms with Gasteiger partial charge in [-0.2, -0.15) is 5.26 Å². The fourth-order valence-electron chi connectivity index (χ4n) is 2.14. The summed E-state index contributed by atoms with van der Waals surface area (Å²) < 4.78 is 5.08. The number of methoxy groups -OCH3 is 1. The van der Waals surface area contributed by atoms with Gasteiger partial charge in [-0.3, -0.25) is 4.79 Å². The van der Waals surface area contributed by atoms with Crippen LogP contribution in [0, 0.1) is 25.2 Å². The highest BCUT2D eigenvalue weighted by molar-refractivity contribution is 6.32. The molecule has 2 N–H and O–H groups in total. The second-order valence-electron chi connectivity index (χ2n) is 5.37. The third-order valence-corrected chi connectivity index (χ3v) is 4.05. The predicted octanol–water partition coefficient (Wildman–Crippen LogP) is 4.42. The van der Waals surface area contributed by atoms with Gasteiger partial charge >= 0.3 is 0 Å². The zero-order valence-electron chi connectivity index (χ0n) is 14.2. The molecule has 0 atom stereocenters. The van der Waals surface area contributed by atoms with Gasteiger partial charge in [0.05, 0.1) is 12.1 Å². The molecule has 0 heterocycles. The molecule has 2 rings (SSSR count). The first-order valence-corrected chi connectivity index (χ1v) is 7.92. The number of anilines is 2. The van der Waals surface area contributed by atoms with Crippen LogP contribution in [0.1, 0.15) is 11.1 Å². The van der Waals surface area contributed by atoms with E-state index in [1.807, 2.05) is 32.0 Å². The summed E-state index contributed by atoms with van der Waals surface area (Å²) in [6.45, 7) is 3.87. The highest BCUT2D eigenvalue weighted by atomic mass is 35.5. The Balaban J connectivity index is 2.14. The number of aryl methyl sites for hydroxylation is 1. The molecule has 0 saturated heterocycles. The number of hydrogen-bond donors (Lipinski definition) is 2. The number of carbonyl (C=O) groups excluding carboxylic acids is 1. The van der Waals surface area contributed by atoms with Gasteiger partial charge in [-0.25, -0.2) is 0 Å². The molecule has 2 aromatic carbocycles. The number of rotatable bonds is 5. The molecule has 25 heavy (non-hydrogen) atoms. The van der Waals surface area contributed by atoms with E-state index in [2.05, 4.69) is 10.6 Å². The second-order valence-corrected chi connectivity index (χ2v) is 5.77. The number of nitriles is 1. The van der Waals surface area contributed by atoms with Crippen molar-refractivity contribution in [2.24, 2.45) is 0 Å². The molecule has 5 nitrogen and oxygen atoms in total. The first-order chi connectivity index (χ1) is 12.0. The lowest BCUT2D eigenvalue weighted by atomic mass is 10.1. The molecule has 0 spiro atoms. The van der Waals surface area contributed by atoms with Gasteiger partial charge in [0.2, 0.25) is 0 Å². The normalized spacial score (nSPS) is 10.8. The zero-order chi connectivity index (χ0) is 18.4. The van der Waals surface area contributed by atoms with Crippen LogP contribution in [0.2, 0.25) is 5.02 Å². The van der Waals surface area contributed by atoms with E-state index in [0.717, 1.165) is 11.1 Å². The Hall–Kier alpha value is -2.97. The van der Waals surface area contributed by atoms with Gasteiger partial charge in [-0.05, 0) is 49.2 Å². The molecule has 2 aromatic rings. The molecule has 0 aliphatic carbocycles. The molecule has 0 aliphatic heterocycles. The molecule has 6 heteroatoms. The number of ether oxygens (including phenoxy) is 1. The summed E-state index contributed by atoms with van der Waals surface area (Å²) in [7, 11) is 1.53. The smallest absolute Gasteiger partial charge is 0.267 e. The van der Waals surface area contributed by atoms with Crippen molar-refractivity contribution in [1.29, 1.82) is 5.26 Å². The summed E-state index contributed by atoms with van der Waals surface area (Å²) in [5.41, 5.74) is 3.29. The maximum Gasteiger partial charge on any atom is 0.267 e. The highest BCUT2D eigenvalue weighted by Gasteiger charge is 2.11. The van der Waals surface area contributed by atoms with Crippen molar-refractivity contribution in [3.63, 3.8) is 0 Å². The Bertz CT molecular complexity index is 869. The van der Waals surface area contributed by atoms with Crippen LogP contribution < -0.4 is 15.4 Å². The van der Waals surface area contributed by atoms with E-state index in [-0.39, 0.29) is 5.57 Å². The van der Waals surface area contributed by atoms with Gasteiger partial charge in [0.15, 0.2) is 0 Å². The molecule has 0 aromatic heterocycles. The summed E-state index contributed by atoms with van der Waals surface area (Å²) >= 11 is 6.05. The Morgan fingerprint density at radius 1 is 1.28 bits per heavy atom. The number of nitrogens with zero attached hydrogens (tertiary/aromatic N) is 1. The van der Waals surface area contributed by atoms with Gasteiger partial charge in [0.1, 0.15) is 17.4 Å². The third-order valence-electron chi connectivity index (χ3n) is 3.75. The van der Waals surface area contributed by atoms with E-state index < -0.39 is 5.91 Å². The topological polar surface area (TPSA) is 74.1 Å². The Morgan fingerprint density at radius 3 is 2.68 bits per heavy atom. The number of halogens is 1. The Labute approximate surface area is 151 Å². The van der Waals surface area contributed by atoms with Crippen LogP contribution in [0.5, 0.6) is 5.75 Å². The van der Waals surface area contributed by atoms with Crippen LogP contribution in [-0.2, 0) is 4.79 Å². The van der Waals surface area contributed by atoms with Crippen LogP contribution in [-0.4, -0.2) is 13.0 Å². The number of amides is 1. The van der Waals surface area contributed by atoms with Crippen molar-refractivity contribution < 1.29 is 9.53 Å². The molecular weight excluding hydrogens is 338 g/mol. The lowest BCUT2D eigenvalue weighted by Crippen LogP contribution is -2.15. The van der Waals surface area contributed by atoms with Gasteiger partial charge in [-0.1, -0.05) is 23.7 Å². The van der Waals surface area contributed by atoms with Gasteiger partial charge < -0.3 is 15.4 Å². The maximum absolute atomic E-state index is 12.3. The summed E-state index contributed by atoms with van der Waals surface area (Å²) in [6.07, 6.45) is 1.35. The molecule has 0 unspecified atom stereocenters. The highest BCUT2D eigenvalue weighted by Crippen LogP contribution is 2.27. The first-order valence-electron chi connectivity index (χ1n) is 7.54. The van der Waals surface area contributed by atoms with Crippen LogP contribution in [0.3, 0.4) is 0 Å². The summed E-state index contributed by atoms with van der Waals surface area (Å²) in [4.78, 5) is 12.3. The number of nitrogens with one attached hydrogen (secondary N) is 2. The summed E-state index contributed by atoms with van der Waals surface area (Å²) in [5, 5.41) is 15.3. The van der Waals surface area contributed by atoms with Crippen LogP contribution >= 0.6 is 11.6 Å². The van der Waals surface area contributed by atoms with E-state index in [0.29, 0.717) is 22.1 Å². The van der Waals surface area contributed by atoms with Crippen molar-refractivity contribution in [3.8, 4) is 11.8 Å². The first kappa shape index (κ1) is 18.4. The standard InChI is InChI=1S/C19H18ClN3O2/c1-12-5-4-6-17(13(12)2)23-19(24)14(10-21)11-22-15-7-8-18(25-3)16(20)9-15/h4-9,11,22H,1-3H3,(H,23,24)/b14-11-. The monoisotopic (exact) mass is 355 g/mol. The van der Waals surface area contributed by atoms with Crippen LogP contribution in [0.4, 0.5) is 11.4 Å². The SMILES string of the molecule is COc1ccc(N/C=C(/C#N)C(=O)Nc2cccc(C)c2C)cc1Cl.